The van der Waals surface area contributed by atoms with Crippen LogP contribution >= 0.6 is 0 Å². The third-order valence-electron chi connectivity index (χ3n) is 4.86. The Hall–Kier alpha value is -1.13. The zero-order chi connectivity index (χ0) is 14.7. The maximum Gasteiger partial charge on any atom is 0.226 e. The molecule has 1 aliphatic heterocycles. The number of carbonyl (C=O) groups excluding carboxylic acids is 1. The summed E-state index contributed by atoms with van der Waals surface area (Å²) in [6.45, 7) is 5.61. The fourth-order valence-corrected chi connectivity index (χ4v) is 3.81. The highest BCUT2D eigenvalue weighted by Gasteiger charge is 2.45. The number of hydrogen-bond acceptors (Lipinski definition) is 3. The van der Waals surface area contributed by atoms with Gasteiger partial charge in [-0.15, -0.1) is 6.58 Å². The predicted molar refractivity (Wildman–Crippen MR) is 80.9 cm³/mol. The number of carbonyl (C=O) groups is 1. The number of morpholine rings is 1. The van der Waals surface area contributed by atoms with Crippen molar-refractivity contribution >= 4 is 5.91 Å². The van der Waals surface area contributed by atoms with Gasteiger partial charge in [-0.25, -0.2) is 0 Å². The summed E-state index contributed by atoms with van der Waals surface area (Å²) in [5.74, 6) is 0.490. The summed E-state index contributed by atoms with van der Waals surface area (Å²) in [5, 5.41) is 0. The molecule has 4 atom stereocenters. The summed E-state index contributed by atoms with van der Waals surface area (Å²) >= 11 is 0. The normalized spacial score (nSPS) is 35.5. The smallest absolute Gasteiger partial charge is 0.226 e. The van der Waals surface area contributed by atoms with Gasteiger partial charge in [0.1, 0.15) is 6.10 Å². The average molecular weight is 291 g/mol. The van der Waals surface area contributed by atoms with Crippen LogP contribution in [0.5, 0.6) is 0 Å². The molecule has 1 heterocycles. The van der Waals surface area contributed by atoms with Crippen molar-refractivity contribution in [3.05, 3.63) is 24.8 Å². The van der Waals surface area contributed by atoms with Crippen LogP contribution in [0.4, 0.5) is 0 Å². The van der Waals surface area contributed by atoms with Crippen molar-refractivity contribution in [1.29, 1.82) is 0 Å². The Morgan fingerprint density at radius 1 is 1.38 bits per heavy atom. The van der Waals surface area contributed by atoms with Gasteiger partial charge in [0.05, 0.1) is 25.4 Å². The van der Waals surface area contributed by atoms with Crippen molar-refractivity contribution in [2.45, 2.75) is 50.4 Å². The second-order valence-corrected chi connectivity index (χ2v) is 6.15. The number of fused-ring (bicyclic) bond motifs is 1. The molecular formula is C17H25NO3. The van der Waals surface area contributed by atoms with E-state index in [0.717, 1.165) is 38.6 Å². The van der Waals surface area contributed by atoms with Gasteiger partial charge in [-0.2, -0.15) is 0 Å². The molecule has 21 heavy (non-hydrogen) atoms. The van der Waals surface area contributed by atoms with Crippen LogP contribution in [0.1, 0.15) is 32.1 Å². The first-order chi connectivity index (χ1) is 10.3. The number of rotatable bonds is 4. The van der Waals surface area contributed by atoms with E-state index in [9.17, 15) is 4.79 Å². The van der Waals surface area contributed by atoms with Crippen molar-refractivity contribution in [3.8, 4) is 0 Å². The van der Waals surface area contributed by atoms with Crippen LogP contribution in [0.15, 0.2) is 24.8 Å². The monoisotopic (exact) mass is 291 g/mol. The van der Waals surface area contributed by atoms with Gasteiger partial charge in [0, 0.05) is 12.5 Å². The van der Waals surface area contributed by atoms with Crippen LogP contribution in [-0.4, -0.2) is 48.8 Å². The molecule has 2 fully saturated rings. The number of amides is 1. The first kappa shape index (κ1) is 14.8. The van der Waals surface area contributed by atoms with Gasteiger partial charge in [0.25, 0.3) is 0 Å². The van der Waals surface area contributed by atoms with E-state index in [1.807, 2.05) is 0 Å². The molecule has 1 unspecified atom stereocenters. The lowest BCUT2D eigenvalue weighted by Crippen LogP contribution is -2.55. The highest BCUT2D eigenvalue weighted by Crippen LogP contribution is 2.34. The summed E-state index contributed by atoms with van der Waals surface area (Å²) in [4.78, 5) is 14.9. The summed E-state index contributed by atoms with van der Waals surface area (Å²) in [6, 6.07) is 0.201. The van der Waals surface area contributed by atoms with E-state index in [0.29, 0.717) is 19.1 Å². The van der Waals surface area contributed by atoms with E-state index in [2.05, 4.69) is 23.6 Å². The minimum atomic E-state index is 0.0433. The van der Waals surface area contributed by atoms with Crippen molar-refractivity contribution in [3.63, 3.8) is 0 Å². The lowest BCUT2D eigenvalue weighted by atomic mass is 9.92. The Labute approximate surface area is 126 Å². The van der Waals surface area contributed by atoms with E-state index in [1.54, 1.807) is 6.08 Å². The van der Waals surface area contributed by atoms with Crippen LogP contribution in [0, 0.1) is 5.92 Å². The molecule has 0 aromatic rings. The first-order valence-electron chi connectivity index (χ1n) is 8.11. The third kappa shape index (κ3) is 3.06. The molecule has 0 bridgehead atoms. The molecule has 2 aliphatic carbocycles. The molecule has 1 saturated carbocycles. The molecule has 0 spiro atoms. The summed E-state index contributed by atoms with van der Waals surface area (Å²) in [5.41, 5.74) is 0. The van der Waals surface area contributed by atoms with Gasteiger partial charge in [0.2, 0.25) is 5.91 Å². The Balaban J connectivity index is 1.65. The van der Waals surface area contributed by atoms with E-state index >= 15 is 0 Å². The van der Waals surface area contributed by atoms with E-state index in [4.69, 9.17) is 9.47 Å². The lowest BCUT2D eigenvalue weighted by molar-refractivity contribution is -0.155. The molecule has 4 heteroatoms. The Morgan fingerprint density at radius 3 is 3.05 bits per heavy atom. The topological polar surface area (TPSA) is 38.8 Å². The SMILES string of the molecule is C=CCO[C@@H]1CC[C@H]2[C@H]1OCCN2C(=O)C1CC=CCC1. The Bertz CT molecular complexity index is 420. The van der Waals surface area contributed by atoms with Crippen molar-refractivity contribution in [2.24, 2.45) is 5.92 Å². The number of ether oxygens (including phenoxy) is 2. The first-order valence-corrected chi connectivity index (χ1v) is 8.11. The van der Waals surface area contributed by atoms with Crippen LogP contribution in [0.3, 0.4) is 0 Å². The Kier molecular flexibility index (Phi) is 4.76. The summed E-state index contributed by atoms with van der Waals surface area (Å²) in [7, 11) is 0. The fraction of sp³-hybridized carbons (Fsp3) is 0.706. The number of hydrogen-bond donors (Lipinski definition) is 0. The highest BCUT2D eigenvalue weighted by atomic mass is 16.5. The molecular weight excluding hydrogens is 266 g/mol. The van der Waals surface area contributed by atoms with E-state index < -0.39 is 0 Å². The predicted octanol–water partition coefficient (Wildman–Crippen LogP) is 2.30. The molecule has 1 saturated heterocycles. The lowest BCUT2D eigenvalue weighted by Gasteiger charge is -2.40. The van der Waals surface area contributed by atoms with Crippen molar-refractivity contribution in [1.82, 2.24) is 4.90 Å². The quantitative estimate of drug-likeness (QED) is 0.746. The fourth-order valence-electron chi connectivity index (χ4n) is 3.81. The third-order valence-corrected chi connectivity index (χ3v) is 4.86. The molecule has 0 N–H and O–H groups in total. The molecule has 1 amide bonds. The second kappa shape index (κ2) is 6.75. The van der Waals surface area contributed by atoms with Crippen molar-refractivity contribution in [2.75, 3.05) is 19.8 Å². The molecule has 0 aromatic carbocycles. The van der Waals surface area contributed by atoms with Gasteiger partial charge < -0.3 is 14.4 Å². The number of nitrogens with zero attached hydrogens (tertiary/aromatic N) is 1. The van der Waals surface area contributed by atoms with Crippen molar-refractivity contribution < 1.29 is 14.3 Å². The molecule has 4 nitrogen and oxygen atoms in total. The highest BCUT2D eigenvalue weighted by molar-refractivity contribution is 5.79. The molecule has 3 rings (SSSR count). The second-order valence-electron chi connectivity index (χ2n) is 6.15. The van der Waals surface area contributed by atoms with Gasteiger partial charge in [-0.05, 0) is 32.1 Å². The van der Waals surface area contributed by atoms with Crippen LogP contribution in [0.25, 0.3) is 0 Å². The van der Waals surface area contributed by atoms with Gasteiger partial charge >= 0.3 is 0 Å². The zero-order valence-corrected chi connectivity index (χ0v) is 12.6. The largest absolute Gasteiger partial charge is 0.372 e. The average Bonchev–Trinajstić information content (AvgIpc) is 2.96. The molecule has 3 aliphatic rings. The molecule has 116 valence electrons. The van der Waals surface area contributed by atoms with Gasteiger partial charge in [-0.1, -0.05) is 18.2 Å². The molecule has 0 aromatic heterocycles. The molecule has 0 radical (unpaired) electrons. The maximum atomic E-state index is 12.8. The van der Waals surface area contributed by atoms with E-state index in [-0.39, 0.29) is 24.2 Å². The van der Waals surface area contributed by atoms with Crippen LogP contribution in [0.2, 0.25) is 0 Å². The van der Waals surface area contributed by atoms with Crippen LogP contribution < -0.4 is 0 Å². The Morgan fingerprint density at radius 2 is 2.29 bits per heavy atom. The van der Waals surface area contributed by atoms with Gasteiger partial charge in [-0.3, -0.25) is 4.79 Å². The maximum absolute atomic E-state index is 12.8. The minimum absolute atomic E-state index is 0.0433. The van der Waals surface area contributed by atoms with E-state index in [1.165, 1.54) is 0 Å². The standard InChI is InChI=1S/C17H25NO3/c1-2-11-20-15-9-8-14-16(15)21-12-10-18(14)17(19)13-6-4-3-5-7-13/h2-4,13-16H,1,5-12H2/t13?,14-,15+,16+/m0/s1. The minimum Gasteiger partial charge on any atom is -0.372 e. The van der Waals surface area contributed by atoms with Crippen LogP contribution in [-0.2, 0) is 14.3 Å². The zero-order valence-electron chi connectivity index (χ0n) is 12.6. The van der Waals surface area contributed by atoms with Gasteiger partial charge in [0.15, 0.2) is 0 Å². The number of allylic oxidation sites excluding steroid dienone is 2. The summed E-state index contributed by atoms with van der Waals surface area (Å²) < 4.78 is 11.7. The summed E-state index contributed by atoms with van der Waals surface area (Å²) in [6.07, 6.45) is 11.1.